The summed E-state index contributed by atoms with van der Waals surface area (Å²) in [7, 11) is 0. The first kappa shape index (κ1) is 22.1. The van der Waals surface area contributed by atoms with Crippen LogP contribution in [0.1, 0.15) is 5.56 Å². The van der Waals surface area contributed by atoms with Crippen molar-refractivity contribution >= 4 is 30.7 Å². The van der Waals surface area contributed by atoms with E-state index in [1.54, 1.807) is 30.5 Å². The molecule has 0 spiro atoms. The summed E-state index contributed by atoms with van der Waals surface area (Å²) in [6.45, 7) is 2.17. The molecule has 2 N–H and O–H groups in total. The molecule has 2 aromatic rings. The maximum Gasteiger partial charge on any atom is 0.250 e. The predicted octanol–water partition coefficient (Wildman–Crippen LogP) is 2.46. The quantitative estimate of drug-likeness (QED) is 0.801. The van der Waals surface area contributed by atoms with Crippen molar-refractivity contribution in [3.05, 3.63) is 54.0 Å². The van der Waals surface area contributed by atoms with Gasteiger partial charge in [-0.3, -0.25) is 4.79 Å². The number of benzene rings is 1. The summed E-state index contributed by atoms with van der Waals surface area (Å²) < 4.78 is 24.0. The fraction of sp³-hybridized carbons (Fsp3) is 0.294. The molecule has 142 valence electrons. The van der Waals surface area contributed by atoms with E-state index in [4.69, 9.17) is 9.47 Å². The van der Waals surface area contributed by atoms with Gasteiger partial charge in [0.1, 0.15) is 17.7 Å². The van der Waals surface area contributed by atoms with Crippen LogP contribution in [0, 0.1) is 5.82 Å². The number of nitrogens with one attached hydrogen (secondary N) is 2. The highest BCUT2D eigenvalue weighted by Crippen LogP contribution is 2.19. The summed E-state index contributed by atoms with van der Waals surface area (Å²) in [5.74, 6) is 0.217. The second-order valence-corrected chi connectivity index (χ2v) is 5.35. The molecule has 1 fully saturated rings. The van der Waals surface area contributed by atoms with Crippen LogP contribution in [-0.4, -0.2) is 36.7 Å². The molecular formula is C17H20Cl2FN3O3. The van der Waals surface area contributed by atoms with E-state index in [1.807, 2.05) is 0 Å². The van der Waals surface area contributed by atoms with E-state index >= 15 is 0 Å². The molecule has 0 radical (unpaired) electrons. The third kappa shape index (κ3) is 6.42. The Morgan fingerprint density at radius 1 is 1.35 bits per heavy atom. The van der Waals surface area contributed by atoms with Crippen molar-refractivity contribution in [1.29, 1.82) is 0 Å². The molecule has 1 amide bonds. The predicted molar refractivity (Wildman–Crippen MR) is 99.7 cm³/mol. The fourth-order valence-corrected chi connectivity index (χ4v) is 2.26. The van der Waals surface area contributed by atoms with E-state index in [2.05, 4.69) is 15.6 Å². The van der Waals surface area contributed by atoms with Crippen LogP contribution < -0.4 is 15.4 Å². The Labute approximate surface area is 163 Å². The molecule has 1 aromatic carbocycles. The molecule has 2 heterocycles. The van der Waals surface area contributed by atoms with Crippen molar-refractivity contribution in [3.63, 3.8) is 0 Å². The van der Waals surface area contributed by atoms with Gasteiger partial charge < -0.3 is 20.1 Å². The number of aromatic nitrogens is 1. The van der Waals surface area contributed by atoms with Gasteiger partial charge >= 0.3 is 0 Å². The summed E-state index contributed by atoms with van der Waals surface area (Å²) in [5.41, 5.74) is 0.832. The van der Waals surface area contributed by atoms with Gasteiger partial charge in [0.25, 0.3) is 5.91 Å². The second-order valence-electron chi connectivity index (χ2n) is 5.35. The first-order chi connectivity index (χ1) is 11.7. The molecule has 1 aliphatic rings. The van der Waals surface area contributed by atoms with Crippen molar-refractivity contribution in [3.8, 4) is 11.6 Å². The minimum atomic E-state index is -0.456. The van der Waals surface area contributed by atoms with Gasteiger partial charge in [0.05, 0.1) is 6.61 Å². The lowest BCUT2D eigenvalue weighted by atomic mass is 10.2. The van der Waals surface area contributed by atoms with Crippen LogP contribution in [0.3, 0.4) is 0 Å². The fourth-order valence-electron chi connectivity index (χ4n) is 2.26. The maximum atomic E-state index is 13.1. The largest absolute Gasteiger partial charge is 0.439 e. The van der Waals surface area contributed by atoms with Gasteiger partial charge in [-0.05, 0) is 17.7 Å². The Bertz CT molecular complexity index is 698. The zero-order chi connectivity index (χ0) is 16.8. The molecular weight excluding hydrogens is 384 g/mol. The zero-order valence-electron chi connectivity index (χ0n) is 13.8. The van der Waals surface area contributed by atoms with Crippen LogP contribution >= 0.6 is 24.8 Å². The molecule has 9 heteroatoms. The third-order valence-electron chi connectivity index (χ3n) is 3.50. The Kier molecular flexibility index (Phi) is 9.29. The molecule has 0 unspecified atom stereocenters. The molecule has 0 saturated carbocycles. The molecule has 26 heavy (non-hydrogen) atoms. The second kappa shape index (κ2) is 10.9. The normalized spacial score (nSPS) is 16.0. The number of nitrogens with zero attached hydrogens (tertiary/aromatic N) is 1. The highest BCUT2D eigenvalue weighted by molar-refractivity contribution is 5.85. The highest BCUT2D eigenvalue weighted by atomic mass is 35.5. The van der Waals surface area contributed by atoms with Gasteiger partial charge in [-0.2, -0.15) is 0 Å². The summed E-state index contributed by atoms with van der Waals surface area (Å²) in [6.07, 6.45) is 1.15. The maximum absolute atomic E-state index is 13.1. The van der Waals surface area contributed by atoms with Crippen molar-refractivity contribution in [2.45, 2.75) is 12.6 Å². The van der Waals surface area contributed by atoms with Crippen LogP contribution in [0.15, 0.2) is 42.6 Å². The molecule has 1 saturated heterocycles. The molecule has 0 aliphatic carbocycles. The van der Waals surface area contributed by atoms with E-state index in [1.165, 1.54) is 12.1 Å². The van der Waals surface area contributed by atoms with Crippen molar-refractivity contribution in [2.24, 2.45) is 0 Å². The van der Waals surface area contributed by atoms with E-state index in [-0.39, 0.29) is 36.5 Å². The molecule has 1 aromatic heterocycles. The number of carbonyl (C=O) groups is 1. The van der Waals surface area contributed by atoms with Crippen LogP contribution in [0.5, 0.6) is 11.6 Å². The summed E-state index contributed by atoms with van der Waals surface area (Å²) in [6, 6.07) is 9.31. The molecule has 1 atom stereocenters. The van der Waals surface area contributed by atoms with Crippen molar-refractivity contribution in [2.75, 3.05) is 19.7 Å². The number of halogens is 3. The van der Waals surface area contributed by atoms with E-state index in [0.29, 0.717) is 31.3 Å². The van der Waals surface area contributed by atoms with E-state index < -0.39 is 6.10 Å². The average molecular weight is 404 g/mol. The van der Waals surface area contributed by atoms with E-state index in [9.17, 15) is 9.18 Å². The number of carbonyl (C=O) groups excluding carboxylic acids is 1. The first-order valence-corrected chi connectivity index (χ1v) is 7.69. The van der Waals surface area contributed by atoms with Crippen LogP contribution in [0.4, 0.5) is 4.39 Å². The topological polar surface area (TPSA) is 72.5 Å². The number of ether oxygens (including phenoxy) is 2. The zero-order valence-corrected chi connectivity index (χ0v) is 15.4. The number of hydrogen-bond donors (Lipinski definition) is 2. The number of morpholine rings is 1. The minimum Gasteiger partial charge on any atom is -0.439 e. The van der Waals surface area contributed by atoms with Crippen LogP contribution in [0.25, 0.3) is 0 Å². The van der Waals surface area contributed by atoms with Gasteiger partial charge in [-0.25, -0.2) is 9.37 Å². The monoisotopic (exact) mass is 403 g/mol. The number of amides is 1. The van der Waals surface area contributed by atoms with Crippen molar-refractivity contribution in [1.82, 2.24) is 15.6 Å². The number of hydrogen-bond acceptors (Lipinski definition) is 5. The van der Waals surface area contributed by atoms with Crippen LogP contribution in [0.2, 0.25) is 0 Å². The van der Waals surface area contributed by atoms with E-state index in [0.717, 1.165) is 12.1 Å². The minimum absolute atomic E-state index is 0. The number of rotatable bonds is 5. The lowest BCUT2D eigenvalue weighted by molar-refractivity contribution is -0.134. The Balaban J connectivity index is 0.00000169. The average Bonchev–Trinajstić information content (AvgIpc) is 2.62. The lowest BCUT2D eigenvalue weighted by Crippen LogP contribution is -2.47. The third-order valence-corrected chi connectivity index (χ3v) is 3.50. The standard InChI is InChI=1S/C17H18FN3O3.2ClH/c18-13-2-1-3-14(8-13)24-16-5-4-12(9-20-16)10-21-17(22)15-11-19-6-7-23-15;;/h1-5,8-9,15,19H,6-7,10-11H2,(H,21,22);2*1H/t15-;;/m1../s1. The van der Waals surface area contributed by atoms with Crippen molar-refractivity contribution < 1.29 is 18.7 Å². The Hall–Kier alpha value is -1.93. The van der Waals surface area contributed by atoms with Gasteiger partial charge in [0, 0.05) is 38.0 Å². The summed E-state index contributed by atoms with van der Waals surface area (Å²) in [4.78, 5) is 16.1. The van der Waals surface area contributed by atoms with Gasteiger partial charge in [-0.1, -0.05) is 12.1 Å². The SMILES string of the molecule is Cl.Cl.O=C(NCc1ccc(Oc2cccc(F)c2)nc1)[C@H]1CNCCO1. The Morgan fingerprint density at radius 3 is 2.85 bits per heavy atom. The van der Waals surface area contributed by atoms with Gasteiger partial charge in [-0.15, -0.1) is 24.8 Å². The van der Waals surface area contributed by atoms with Crippen LogP contribution in [-0.2, 0) is 16.1 Å². The molecule has 1 aliphatic heterocycles. The van der Waals surface area contributed by atoms with Gasteiger partial charge in [0.2, 0.25) is 5.88 Å². The molecule has 6 nitrogen and oxygen atoms in total. The summed E-state index contributed by atoms with van der Waals surface area (Å²) in [5, 5.41) is 5.92. The Morgan fingerprint density at radius 2 is 2.19 bits per heavy atom. The lowest BCUT2D eigenvalue weighted by Gasteiger charge is -2.22. The molecule has 0 bridgehead atoms. The molecule has 3 rings (SSSR count). The smallest absolute Gasteiger partial charge is 0.250 e. The summed E-state index contributed by atoms with van der Waals surface area (Å²) >= 11 is 0. The highest BCUT2D eigenvalue weighted by Gasteiger charge is 2.21. The number of pyridine rings is 1. The first-order valence-electron chi connectivity index (χ1n) is 7.69. The van der Waals surface area contributed by atoms with Gasteiger partial charge in [0.15, 0.2) is 0 Å².